The van der Waals surface area contributed by atoms with Crippen LogP contribution in [0.1, 0.15) is 54.4 Å². The van der Waals surface area contributed by atoms with Gasteiger partial charge in [-0.3, -0.25) is 4.90 Å². The molecule has 2 bridgehead atoms. The normalized spacial score (nSPS) is 43.1. The summed E-state index contributed by atoms with van der Waals surface area (Å²) in [5.74, 6) is 0. The Morgan fingerprint density at radius 1 is 1.11 bits per heavy atom. The first-order chi connectivity index (χ1) is 8.95. The monoisotopic (exact) mass is 262 g/mol. The standard InChI is InChI=1S/C17H30N2/c1-7-14-11-19-13-18(15(14)8-2)12-16(5,9-3)17(19,6)10-4/h7-8H,9-13H2,1-6H3. The van der Waals surface area contributed by atoms with Gasteiger partial charge in [0.2, 0.25) is 0 Å². The summed E-state index contributed by atoms with van der Waals surface area (Å²) in [6, 6.07) is 0. The molecule has 3 atom stereocenters. The molecule has 3 unspecified atom stereocenters. The Kier molecular flexibility index (Phi) is 3.83. The maximum atomic E-state index is 2.70. The van der Waals surface area contributed by atoms with Crippen LogP contribution < -0.4 is 0 Å². The lowest BCUT2D eigenvalue weighted by molar-refractivity contribution is -0.111. The van der Waals surface area contributed by atoms with E-state index in [0.717, 1.165) is 13.2 Å². The molecule has 2 heteroatoms. The second-order valence-electron chi connectivity index (χ2n) is 6.57. The van der Waals surface area contributed by atoms with Crippen LogP contribution in [0.15, 0.2) is 23.4 Å². The van der Waals surface area contributed by atoms with E-state index in [9.17, 15) is 0 Å². The maximum Gasteiger partial charge on any atom is 0.0714 e. The van der Waals surface area contributed by atoms with Gasteiger partial charge in [0.25, 0.3) is 0 Å². The van der Waals surface area contributed by atoms with E-state index in [1.807, 2.05) is 0 Å². The molecule has 108 valence electrons. The van der Waals surface area contributed by atoms with Crippen molar-refractivity contribution in [2.45, 2.75) is 59.9 Å². The van der Waals surface area contributed by atoms with Crippen LogP contribution in [0.3, 0.4) is 0 Å². The highest BCUT2D eigenvalue weighted by atomic mass is 15.4. The Hall–Kier alpha value is -0.760. The van der Waals surface area contributed by atoms with Gasteiger partial charge in [0.05, 0.1) is 6.67 Å². The Labute approximate surface area is 119 Å². The molecule has 0 spiro atoms. The van der Waals surface area contributed by atoms with Crippen molar-refractivity contribution in [2.75, 3.05) is 19.8 Å². The van der Waals surface area contributed by atoms with Gasteiger partial charge in [-0.2, -0.15) is 0 Å². The summed E-state index contributed by atoms with van der Waals surface area (Å²) >= 11 is 0. The van der Waals surface area contributed by atoms with Gasteiger partial charge < -0.3 is 4.90 Å². The summed E-state index contributed by atoms with van der Waals surface area (Å²) in [5, 5.41) is 0. The van der Waals surface area contributed by atoms with Gasteiger partial charge in [-0.15, -0.1) is 0 Å². The number of hydrogen-bond donors (Lipinski definition) is 0. The largest absolute Gasteiger partial charge is 0.358 e. The van der Waals surface area contributed by atoms with Crippen molar-refractivity contribution in [1.29, 1.82) is 0 Å². The first kappa shape index (κ1) is 14.6. The van der Waals surface area contributed by atoms with Crippen LogP contribution in [-0.4, -0.2) is 35.1 Å². The lowest BCUT2D eigenvalue weighted by Gasteiger charge is -2.62. The predicted molar refractivity (Wildman–Crippen MR) is 82.9 cm³/mol. The summed E-state index contributed by atoms with van der Waals surface area (Å²) in [5.41, 5.74) is 3.63. The van der Waals surface area contributed by atoms with Crippen molar-refractivity contribution in [3.8, 4) is 0 Å². The molecule has 2 aliphatic rings. The molecule has 0 aromatic carbocycles. The van der Waals surface area contributed by atoms with Crippen LogP contribution in [0.2, 0.25) is 0 Å². The zero-order chi connectivity index (χ0) is 14.3. The molecule has 0 amide bonds. The van der Waals surface area contributed by atoms with E-state index in [-0.39, 0.29) is 0 Å². The summed E-state index contributed by atoms with van der Waals surface area (Å²) in [6.45, 7) is 17.4. The molecule has 0 aromatic heterocycles. The second kappa shape index (κ2) is 4.97. The lowest BCUT2D eigenvalue weighted by atomic mass is 9.65. The fourth-order valence-corrected chi connectivity index (χ4v) is 4.01. The molecule has 0 radical (unpaired) electrons. The van der Waals surface area contributed by atoms with E-state index < -0.39 is 0 Å². The Balaban J connectivity index is 2.45. The predicted octanol–water partition coefficient (Wildman–Crippen LogP) is 4.01. The number of rotatable bonds is 2. The van der Waals surface area contributed by atoms with Crippen LogP contribution in [0.5, 0.6) is 0 Å². The highest BCUT2D eigenvalue weighted by Gasteiger charge is 2.52. The third-order valence-electron chi connectivity index (χ3n) is 6.00. The van der Waals surface area contributed by atoms with E-state index in [4.69, 9.17) is 0 Å². The van der Waals surface area contributed by atoms with Crippen molar-refractivity contribution in [2.24, 2.45) is 5.41 Å². The SMILES string of the molecule is CC=C1CN2CN(CC(C)(CC)C2(C)CC)C1=CC. The fraction of sp³-hybridized carbons (Fsp3) is 0.765. The minimum atomic E-state index is 0.311. The maximum absolute atomic E-state index is 2.70. The van der Waals surface area contributed by atoms with Crippen LogP contribution >= 0.6 is 0 Å². The van der Waals surface area contributed by atoms with Gasteiger partial charge in [-0.25, -0.2) is 0 Å². The first-order valence-corrected chi connectivity index (χ1v) is 7.77. The molecule has 2 saturated heterocycles. The molecule has 19 heavy (non-hydrogen) atoms. The molecule has 0 saturated carbocycles. The average Bonchev–Trinajstić information content (AvgIpc) is 2.43. The van der Waals surface area contributed by atoms with Crippen LogP contribution in [0, 0.1) is 5.41 Å². The third kappa shape index (κ3) is 1.96. The summed E-state index contributed by atoms with van der Waals surface area (Å²) < 4.78 is 0. The highest BCUT2D eigenvalue weighted by Crippen LogP contribution is 2.48. The summed E-state index contributed by atoms with van der Waals surface area (Å²) in [7, 11) is 0. The molecule has 2 heterocycles. The Bertz CT molecular complexity index is 409. The molecule has 0 aliphatic carbocycles. The van der Waals surface area contributed by atoms with E-state index in [0.29, 0.717) is 11.0 Å². The van der Waals surface area contributed by atoms with Gasteiger partial charge in [0.15, 0.2) is 0 Å². The van der Waals surface area contributed by atoms with Gasteiger partial charge in [0, 0.05) is 29.7 Å². The van der Waals surface area contributed by atoms with Gasteiger partial charge in [0.1, 0.15) is 0 Å². The van der Waals surface area contributed by atoms with Crippen molar-refractivity contribution >= 4 is 0 Å². The van der Waals surface area contributed by atoms with Crippen LogP contribution in [-0.2, 0) is 0 Å². The summed E-state index contributed by atoms with van der Waals surface area (Å²) in [6.07, 6.45) is 7.05. The summed E-state index contributed by atoms with van der Waals surface area (Å²) in [4.78, 5) is 5.28. The zero-order valence-electron chi connectivity index (χ0n) is 13.6. The fourth-order valence-electron chi connectivity index (χ4n) is 4.01. The zero-order valence-corrected chi connectivity index (χ0v) is 13.6. The number of allylic oxidation sites excluding steroid dienone is 2. The number of hydrogen-bond acceptors (Lipinski definition) is 2. The van der Waals surface area contributed by atoms with E-state index in [1.165, 1.54) is 30.7 Å². The topological polar surface area (TPSA) is 6.48 Å². The number of nitrogens with zero attached hydrogens (tertiary/aromatic N) is 2. The van der Waals surface area contributed by atoms with Crippen molar-refractivity contribution < 1.29 is 0 Å². The van der Waals surface area contributed by atoms with Crippen molar-refractivity contribution in [3.05, 3.63) is 23.4 Å². The first-order valence-electron chi connectivity index (χ1n) is 7.77. The molecular formula is C17H30N2. The van der Waals surface area contributed by atoms with Gasteiger partial charge in [-0.05, 0) is 39.2 Å². The average molecular weight is 262 g/mol. The molecule has 0 N–H and O–H groups in total. The third-order valence-corrected chi connectivity index (χ3v) is 6.00. The van der Waals surface area contributed by atoms with E-state index in [2.05, 4.69) is 63.5 Å². The molecule has 2 rings (SSSR count). The Morgan fingerprint density at radius 2 is 1.79 bits per heavy atom. The molecule has 2 nitrogen and oxygen atoms in total. The minimum absolute atomic E-state index is 0.311. The van der Waals surface area contributed by atoms with Gasteiger partial charge in [-0.1, -0.05) is 32.9 Å². The molecule has 2 fully saturated rings. The molecule has 2 aliphatic heterocycles. The van der Waals surface area contributed by atoms with Gasteiger partial charge >= 0.3 is 0 Å². The quantitative estimate of drug-likeness (QED) is 0.742. The van der Waals surface area contributed by atoms with E-state index >= 15 is 0 Å². The van der Waals surface area contributed by atoms with Crippen LogP contribution in [0.4, 0.5) is 0 Å². The molecule has 0 aromatic rings. The molecular weight excluding hydrogens is 232 g/mol. The smallest absolute Gasteiger partial charge is 0.0714 e. The minimum Gasteiger partial charge on any atom is -0.358 e. The lowest BCUT2D eigenvalue weighted by Crippen LogP contribution is -2.69. The van der Waals surface area contributed by atoms with Crippen molar-refractivity contribution in [1.82, 2.24) is 9.80 Å². The van der Waals surface area contributed by atoms with E-state index in [1.54, 1.807) is 0 Å². The highest BCUT2D eigenvalue weighted by molar-refractivity contribution is 5.35. The van der Waals surface area contributed by atoms with Crippen molar-refractivity contribution in [3.63, 3.8) is 0 Å². The Morgan fingerprint density at radius 3 is 2.26 bits per heavy atom. The second-order valence-corrected chi connectivity index (χ2v) is 6.57. The van der Waals surface area contributed by atoms with Crippen LogP contribution in [0.25, 0.3) is 0 Å². The number of fused-ring (bicyclic) bond motifs is 2.